The van der Waals surface area contributed by atoms with Gasteiger partial charge in [-0.3, -0.25) is 4.79 Å². The molecule has 1 aliphatic rings. The Balaban J connectivity index is 2.12. The Labute approximate surface area is 121 Å². The normalized spacial score (nSPS) is 12.0. The molecule has 0 aromatic heterocycles. The first kappa shape index (κ1) is 13.2. The third-order valence-electron chi connectivity index (χ3n) is 3.27. The van der Waals surface area contributed by atoms with Crippen LogP contribution in [0.3, 0.4) is 0 Å². The molecule has 0 saturated heterocycles. The van der Waals surface area contributed by atoms with Crippen molar-refractivity contribution < 1.29 is 23.8 Å². The summed E-state index contributed by atoms with van der Waals surface area (Å²) in [6.45, 7) is 0.138. The van der Waals surface area contributed by atoms with Crippen LogP contribution in [0, 0.1) is 0 Å². The third-order valence-corrected chi connectivity index (χ3v) is 3.27. The van der Waals surface area contributed by atoms with Gasteiger partial charge in [-0.1, -0.05) is 12.1 Å². The van der Waals surface area contributed by atoms with Crippen LogP contribution in [-0.4, -0.2) is 26.2 Å². The summed E-state index contributed by atoms with van der Waals surface area (Å²) in [7, 11) is 1.33. The Hall–Kier alpha value is -2.82. The lowest BCUT2D eigenvalue weighted by Crippen LogP contribution is -2.01. The number of carbonyl (C=O) groups excluding carboxylic acids is 2. The molecular weight excluding hydrogens is 272 g/mol. The number of aldehydes is 1. The van der Waals surface area contributed by atoms with Crippen molar-refractivity contribution >= 4 is 12.3 Å². The van der Waals surface area contributed by atoms with E-state index in [4.69, 9.17) is 14.2 Å². The largest absolute Gasteiger partial charge is 0.465 e. The molecule has 106 valence electrons. The van der Waals surface area contributed by atoms with Crippen LogP contribution in [0.2, 0.25) is 0 Å². The van der Waals surface area contributed by atoms with E-state index in [9.17, 15) is 9.59 Å². The Morgan fingerprint density at radius 2 is 1.95 bits per heavy atom. The van der Waals surface area contributed by atoms with Gasteiger partial charge in [-0.2, -0.15) is 0 Å². The average molecular weight is 284 g/mol. The maximum absolute atomic E-state index is 11.6. The zero-order valence-corrected chi connectivity index (χ0v) is 11.3. The van der Waals surface area contributed by atoms with Gasteiger partial charge in [0.2, 0.25) is 6.79 Å². The van der Waals surface area contributed by atoms with E-state index in [1.54, 1.807) is 30.3 Å². The fourth-order valence-electron chi connectivity index (χ4n) is 2.24. The van der Waals surface area contributed by atoms with E-state index in [0.29, 0.717) is 28.2 Å². The molecule has 2 aromatic carbocycles. The molecule has 21 heavy (non-hydrogen) atoms. The Morgan fingerprint density at radius 1 is 1.19 bits per heavy atom. The summed E-state index contributed by atoms with van der Waals surface area (Å²) < 4.78 is 15.3. The molecule has 0 fully saturated rings. The number of methoxy groups -OCH3 is 1. The van der Waals surface area contributed by atoms with Crippen LogP contribution in [-0.2, 0) is 4.74 Å². The zero-order valence-electron chi connectivity index (χ0n) is 11.3. The number of hydrogen-bond donors (Lipinski definition) is 0. The van der Waals surface area contributed by atoms with E-state index in [2.05, 4.69) is 0 Å². The quantitative estimate of drug-likeness (QED) is 0.640. The van der Waals surface area contributed by atoms with Gasteiger partial charge in [0, 0.05) is 5.56 Å². The number of esters is 1. The first-order chi connectivity index (χ1) is 10.2. The molecule has 0 amide bonds. The van der Waals surface area contributed by atoms with Crippen molar-refractivity contribution in [2.45, 2.75) is 0 Å². The highest BCUT2D eigenvalue weighted by Crippen LogP contribution is 2.38. The first-order valence-corrected chi connectivity index (χ1v) is 6.30. The fraction of sp³-hybridized carbons (Fsp3) is 0.125. The van der Waals surface area contributed by atoms with Crippen LogP contribution in [0.5, 0.6) is 11.5 Å². The molecule has 0 aliphatic carbocycles. The molecule has 0 radical (unpaired) electrons. The number of benzene rings is 2. The maximum Gasteiger partial charge on any atom is 0.337 e. The highest BCUT2D eigenvalue weighted by Gasteiger charge is 2.18. The number of ether oxygens (including phenoxy) is 3. The minimum Gasteiger partial charge on any atom is -0.465 e. The SMILES string of the molecule is COC(=O)c1cccc(-c2cc3c(cc2C=O)OCO3)c1. The summed E-state index contributed by atoms with van der Waals surface area (Å²) in [4.78, 5) is 22.9. The second-order valence-corrected chi connectivity index (χ2v) is 4.48. The first-order valence-electron chi connectivity index (χ1n) is 6.30. The third kappa shape index (κ3) is 2.33. The number of rotatable bonds is 3. The molecule has 0 N–H and O–H groups in total. The molecule has 0 spiro atoms. The van der Waals surface area contributed by atoms with E-state index in [1.165, 1.54) is 7.11 Å². The molecular formula is C16H12O5. The Kier molecular flexibility index (Phi) is 3.31. The standard InChI is InChI=1S/C16H12O5/c1-19-16(18)11-4-2-3-10(5-11)13-7-15-14(20-9-21-15)6-12(13)8-17/h2-8H,9H2,1H3. The highest BCUT2D eigenvalue weighted by molar-refractivity contribution is 5.94. The van der Waals surface area contributed by atoms with Crippen molar-refractivity contribution in [3.8, 4) is 22.6 Å². The van der Waals surface area contributed by atoms with E-state index in [0.717, 1.165) is 11.8 Å². The molecule has 3 rings (SSSR count). The summed E-state index contributed by atoms with van der Waals surface area (Å²) >= 11 is 0. The van der Waals surface area contributed by atoms with Gasteiger partial charge in [0.05, 0.1) is 12.7 Å². The molecule has 0 unspecified atom stereocenters. The van der Waals surface area contributed by atoms with Crippen LogP contribution in [0.15, 0.2) is 36.4 Å². The summed E-state index contributed by atoms with van der Waals surface area (Å²) in [5, 5.41) is 0. The van der Waals surface area contributed by atoms with Crippen molar-refractivity contribution in [2.75, 3.05) is 13.9 Å². The Bertz CT molecular complexity index is 721. The van der Waals surface area contributed by atoms with Gasteiger partial charge >= 0.3 is 5.97 Å². The zero-order chi connectivity index (χ0) is 14.8. The summed E-state index contributed by atoms with van der Waals surface area (Å²) in [6.07, 6.45) is 0.752. The van der Waals surface area contributed by atoms with E-state index in [-0.39, 0.29) is 6.79 Å². The van der Waals surface area contributed by atoms with Crippen molar-refractivity contribution in [3.05, 3.63) is 47.5 Å². The molecule has 0 bridgehead atoms. The highest BCUT2D eigenvalue weighted by atomic mass is 16.7. The predicted octanol–water partition coefficient (Wildman–Crippen LogP) is 2.68. The van der Waals surface area contributed by atoms with Crippen LogP contribution < -0.4 is 9.47 Å². The molecule has 0 saturated carbocycles. The van der Waals surface area contributed by atoms with Crippen molar-refractivity contribution in [3.63, 3.8) is 0 Å². The number of hydrogen-bond acceptors (Lipinski definition) is 5. The van der Waals surface area contributed by atoms with Gasteiger partial charge in [-0.25, -0.2) is 4.79 Å². The monoisotopic (exact) mass is 284 g/mol. The van der Waals surface area contributed by atoms with Gasteiger partial charge in [0.25, 0.3) is 0 Å². The molecule has 2 aromatic rings. The van der Waals surface area contributed by atoms with Crippen molar-refractivity contribution in [1.82, 2.24) is 0 Å². The van der Waals surface area contributed by atoms with Crippen LogP contribution in [0.25, 0.3) is 11.1 Å². The van der Waals surface area contributed by atoms with E-state index >= 15 is 0 Å². The van der Waals surface area contributed by atoms with Crippen molar-refractivity contribution in [2.24, 2.45) is 0 Å². The topological polar surface area (TPSA) is 61.8 Å². The second kappa shape index (κ2) is 5.28. The molecule has 5 nitrogen and oxygen atoms in total. The lowest BCUT2D eigenvalue weighted by Gasteiger charge is -2.08. The smallest absolute Gasteiger partial charge is 0.337 e. The summed E-state index contributed by atoms with van der Waals surface area (Å²) in [6, 6.07) is 10.3. The van der Waals surface area contributed by atoms with Gasteiger partial charge in [-0.05, 0) is 35.4 Å². The van der Waals surface area contributed by atoms with Gasteiger partial charge in [0.1, 0.15) is 0 Å². The van der Waals surface area contributed by atoms with Gasteiger partial charge < -0.3 is 14.2 Å². The minimum atomic E-state index is -0.426. The molecule has 1 heterocycles. The summed E-state index contributed by atoms with van der Waals surface area (Å²) in [5.74, 6) is 0.703. The average Bonchev–Trinajstić information content (AvgIpc) is 3.00. The molecule has 5 heteroatoms. The number of carbonyl (C=O) groups is 2. The van der Waals surface area contributed by atoms with Crippen LogP contribution in [0.4, 0.5) is 0 Å². The van der Waals surface area contributed by atoms with Crippen LogP contribution >= 0.6 is 0 Å². The van der Waals surface area contributed by atoms with E-state index < -0.39 is 5.97 Å². The summed E-state index contributed by atoms with van der Waals surface area (Å²) in [5.41, 5.74) is 2.31. The lowest BCUT2D eigenvalue weighted by atomic mass is 9.98. The van der Waals surface area contributed by atoms with Gasteiger partial charge in [-0.15, -0.1) is 0 Å². The molecule has 0 atom stereocenters. The molecule has 1 aliphatic heterocycles. The van der Waals surface area contributed by atoms with Crippen molar-refractivity contribution in [1.29, 1.82) is 0 Å². The fourth-order valence-corrected chi connectivity index (χ4v) is 2.24. The number of fused-ring (bicyclic) bond motifs is 1. The van der Waals surface area contributed by atoms with Crippen LogP contribution in [0.1, 0.15) is 20.7 Å². The van der Waals surface area contributed by atoms with E-state index in [1.807, 2.05) is 6.07 Å². The maximum atomic E-state index is 11.6. The second-order valence-electron chi connectivity index (χ2n) is 4.48. The lowest BCUT2D eigenvalue weighted by molar-refractivity contribution is 0.0600. The minimum absolute atomic E-state index is 0.138. The Morgan fingerprint density at radius 3 is 2.67 bits per heavy atom. The predicted molar refractivity (Wildman–Crippen MR) is 74.7 cm³/mol. The van der Waals surface area contributed by atoms with Gasteiger partial charge in [0.15, 0.2) is 17.8 Å².